The summed E-state index contributed by atoms with van der Waals surface area (Å²) in [4.78, 5) is 48.0. The summed E-state index contributed by atoms with van der Waals surface area (Å²) in [5.41, 5.74) is 2.89. The number of aromatic amines is 1. The van der Waals surface area contributed by atoms with Crippen LogP contribution in [0.4, 0.5) is 0 Å². The van der Waals surface area contributed by atoms with Crippen molar-refractivity contribution in [3.63, 3.8) is 0 Å². The molecule has 2 heterocycles. The van der Waals surface area contributed by atoms with Crippen LogP contribution in [0.15, 0.2) is 54.7 Å². The topological polar surface area (TPSA) is 92.4 Å². The van der Waals surface area contributed by atoms with Gasteiger partial charge < -0.3 is 14.6 Å². The number of carbonyl (C=O) groups is 3. The summed E-state index contributed by atoms with van der Waals surface area (Å²) >= 11 is 0. The number of Topliss-reactive ketones (excluding diaryl/α,β-unsaturated/α-hetero) is 1. The summed E-state index contributed by atoms with van der Waals surface area (Å²) in [5, 5.41) is 0. The Labute approximate surface area is 187 Å². The third-order valence-electron chi connectivity index (χ3n) is 5.35. The monoisotopic (exact) mass is 433 g/mol. The van der Waals surface area contributed by atoms with Crippen LogP contribution < -0.4 is 0 Å². The molecule has 3 rings (SSSR count). The molecule has 1 atom stereocenters. The maximum Gasteiger partial charge on any atom is 0.355 e. The van der Waals surface area contributed by atoms with E-state index in [0.717, 1.165) is 0 Å². The molecule has 1 amide bonds. The molecule has 7 heteroatoms. The quantitative estimate of drug-likeness (QED) is 0.426. The molecular formula is C25H27N3O4. The van der Waals surface area contributed by atoms with Gasteiger partial charge in [-0.1, -0.05) is 24.3 Å². The molecule has 0 unspecified atom stereocenters. The zero-order chi connectivity index (χ0) is 23.3. The van der Waals surface area contributed by atoms with Gasteiger partial charge in [-0.05, 0) is 57.5 Å². The van der Waals surface area contributed by atoms with Crippen molar-refractivity contribution < 1.29 is 19.1 Å². The fourth-order valence-electron chi connectivity index (χ4n) is 3.67. The zero-order valence-corrected chi connectivity index (χ0v) is 18.7. The van der Waals surface area contributed by atoms with Crippen molar-refractivity contribution >= 4 is 17.7 Å². The van der Waals surface area contributed by atoms with Gasteiger partial charge in [0.2, 0.25) is 0 Å². The summed E-state index contributed by atoms with van der Waals surface area (Å²) in [6.45, 7) is 7.27. The second-order valence-electron chi connectivity index (χ2n) is 7.51. The van der Waals surface area contributed by atoms with Gasteiger partial charge in [0.25, 0.3) is 5.91 Å². The number of ether oxygens (including phenoxy) is 1. The van der Waals surface area contributed by atoms with Gasteiger partial charge in [-0.2, -0.15) is 0 Å². The van der Waals surface area contributed by atoms with E-state index in [1.54, 1.807) is 64.2 Å². The summed E-state index contributed by atoms with van der Waals surface area (Å²) in [7, 11) is 0. The average Bonchev–Trinajstić information content (AvgIpc) is 3.11. The summed E-state index contributed by atoms with van der Waals surface area (Å²) < 4.78 is 5.09. The number of esters is 1. The predicted octanol–water partition coefficient (Wildman–Crippen LogP) is 4.12. The predicted molar refractivity (Wildman–Crippen MR) is 121 cm³/mol. The lowest BCUT2D eigenvalue weighted by molar-refractivity contribution is 0.0518. The van der Waals surface area contributed by atoms with Crippen molar-refractivity contribution in [2.24, 2.45) is 0 Å². The van der Waals surface area contributed by atoms with Crippen LogP contribution in [0, 0.1) is 13.8 Å². The lowest BCUT2D eigenvalue weighted by atomic mass is 9.99. The van der Waals surface area contributed by atoms with Crippen molar-refractivity contribution in [3.8, 4) is 0 Å². The van der Waals surface area contributed by atoms with Crippen LogP contribution in [0.1, 0.15) is 62.0 Å². The number of benzene rings is 1. The molecule has 0 radical (unpaired) electrons. The van der Waals surface area contributed by atoms with Gasteiger partial charge in [0.05, 0.1) is 24.9 Å². The van der Waals surface area contributed by atoms with E-state index in [4.69, 9.17) is 4.74 Å². The first-order valence-electron chi connectivity index (χ1n) is 10.5. The highest BCUT2D eigenvalue weighted by molar-refractivity contribution is 6.07. The summed E-state index contributed by atoms with van der Waals surface area (Å²) in [6.07, 6.45) is 1.65. The Hall–Kier alpha value is -3.74. The molecule has 2 aromatic heterocycles. The van der Waals surface area contributed by atoms with Gasteiger partial charge in [0.1, 0.15) is 5.69 Å². The SMILES string of the molecule is CCOC(=O)c1[nH]c(C)c(C(=O)[C@H](C)N(Cc2ccccn2)C(=O)c2ccccc2)c1C. The van der Waals surface area contributed by atoms with Gasteiger partial charge in [-0.15, -0.1) is 0 Å². The van der Waals surface area contributed by atoms with Crippen molar-refractivity contribution in [3.05, 3.63) is 88.5 Å². The molecular weight excluding hydrogens is 406 g/mol. The lowest BCUT2D eigenvalue weighted by Crippen LogP contribution is -2.43. The number of rotatable bonds is 8. The fraction of sp³-hybridized carbons (Fsp3) is 0.280. The van der Waals surface area contributed by atoms with Gasteiger partial charge in [-0.3, -0.25) is 14.6 Å². The molecule has 7 nitrogen and oxygen atoms in total. The number of aryl methyl sites for hydroxylation is 1. The van der Waals surface area contributed by atoms with Crippen molar-refractivity contribution in [1.82, 2.24) is 14.9 Å². The zero-order valence-electron chi connectivity index (χ0n) is 18.7. The van der Waals surface area contributed by atoms with E-state index in [-0.39, 0.29) is 30.5 Å². The molecule has 0 spiro atoms. The van der Waals surface area contributed by atoms with Crippen LogP contribution >= 0.6 is 0 Å². The Bertz CT molecular complexity index is 1110. The normalized spacial score (nSPS) is 11.6. The van der Waals surface area contributed by atoms with E-state index < -0.39 is 12.0 Å². The Morgan fingerprint density at radius 1 is 1.06 bits per heavy atom. The van der Waals surface area contributed by atoms with E-state index >= 15 is 0 Å². The number of H-pyrrole nitrogens is 1. The summed E-state index contributed by atoms with van der Waals surface area (Å²) in [5.74, 6) is -1.04. The number of pyridine rings is 1. The standard InChI is InChI=1S/C25H27N3O4/c1-5-32-25(31)22-16(2)21(17(3)27-22)23(29)18(4)28(15-20-13-9-10-14-26-20)24(30)19-11-7-6-8-12-19/h6-14,18,27H,5,15H2,1-4H3/t18-/m0/s1. The Balaban J connectivity index is 1.97. The van der Waals surface area contributed by atoms with Crippen LogP contribution in [0.25, 0.3) is 0 Å². The van der Waals surface area contributed by atoms with Crippen LogP contribution in [-0.4, -0.2) is 45.2 Å². The van der Waals surface area contributed by atoms with Crippen molar-refractivity contribution in [2.45, 2.75) is 40.3 Å². The van der Waals surface area contributed by atoms with Gasteiger partial charge in [0.15, 0.2) is 5.78 Å². The van der Waals surface area contributed by atoms with Crippen molar-refractivity contribution in [1.29, 1.82) is 0 Å². The molecule has 0 fully saturated rings. The summed E-state index contributed by atoms with van der Waals surface area (Å²) in [6, 6.07) is 13.5. The number of hydrogen-bond donors (Lipinski definition) is 1. The second-order valence-corrected chi connectivity index (χ2v) is 7.51. The van der Waals surface area contributed by atoms with E-state index in [2.05, 4.69) is 9.97 Å². The number of nitrogens with one attached hydrogen (secondary N) is 1. The van der Waals surface area contributed by atoms with E-state index in [1.807, 2.05) is 18.2 Å². The molecule has 3 aromatic rings. The highest BCUT2D eigenvalue weighted by atomic mass is 16.5. The minimum atomic E-state index is -0.784. The van der Waals surface area contributed by atoms with Gasteiger partial charge in [-0.25, -0.2) is 4.79 Å². The van der Waals surface area contributed by atoms with Gasteiger partial charge >= 0.3 is 5.97 Å². The average molecular weight is 434 g/mol. The molecule has 0 aliphatic heterocycles. The van der Waals surface area contributed by atoms with E-state index in [1.165, 1.54) is 4.90 Å². The minimum absolute atomic E-state index is 0.175. The fourth-order valence-corrected chi connectivity index (χ4v) is 3.67. The number of nitrogens with zero attached hydrogens (tertiary/aromatic N) is 2. The molecule has 32 heavy (non-hydrogen) atoms. The largest absolute Gasteiger partial charge is 0.461 e. The van der Waals surface area contributed by atoms with Crippen LogP contribution in [-0.2, 0) is 11.3 Å². The number of ketones is 1. The first-order chi connectivity index (χ1) is 15.3. The first kappa shape index (κ1) is 22.9. The third kappa shape index (κ3) is 4.77. The van der Waals surface area contributed by atoms with Gasteiger partial charge in [0, 0.05) is 23.0 Å². The highest BCUT2D eigenvalue weighted by Crippen LogP contribution is 2.23. The highest BCUT2D eigenvalue weighted by Gasteiger charge is 2.32. The molecule has 1 N–H and O–H groups in total. The minimum Gasteiger partial charge on any atom is -0.461 e. The van der Waals surface area contributed by atoms with Crippen LogP contribution in [0.3, 0.4) is 0 Å². The van der Waals surface area contributed by atoms with Crippen molar-refractivity contribution in [2.75, 3.05) is 6.61 Å². The number of amides is 1. The molecule has 0 saturated heterocycles. The Kier molecular flexibility index (Phi) is 7.20. The third-order valence-corrected chi connectivity index (χ3v) is 5.35. The van der Waals surface area contributed by atoms with Crippen LogP contribution in [0.5, 0.6) is 0 Å². The Morgan fingerprint density at radius 2 is 1.75 bits per heavy atom. The maximum absolute atomic E-state index is 13.6. The van der Waals surface area contributed by atoms with Crippen LogP contribution in [0.2, 0.25) is 0 Å². The van der Waals surface area contributed by atoms with E-state index in [0.29, 0.717) is 28.1 Å². The molecule has 0 aliphatic carbocycles. The lowest BCUT2D eigenvalue weighted by Gasteiger charge is -2.28. The Morgan fingerprint density at radius 3 is 2.38 bits per heavy atom. The number of carbonyl (C=O) groups excluding carboxylic acids is 3. The molecule has 1 aromatic carbocycles. The smallest absolute Gasteiger partial charge is 0.355 e. The number of aromatic nitrogens is 2. The molecule has 166 valence electrons. The number of hydrogen-bond acceptors (Lipinski definition) is 5. The molecule has 0 bridgehead atoms. The molecule has 0 aliphatic rings. The maximum atomic E-state index is 13.6. The van der Waals surface area contributed by atoms with E-state index in [9.17, 15) is 14.4 Å². The second kappa shape index (κ2) is 10.0. The first-order valence-corrected chi connectivity index (χ1v) is 10.5. The molecule has 0 saturated carbocycles.